The van der Waals surface area contributed by atoms with E-state index < -0.39 is 17.8 Å². The number of carbonyl (C=O) groups excluding carboxylic acids is 2. The number of anilines is 2. The molecule has 0 amide bonds. The molecule has 142 valence electrons. The van der Waals surface area contributed by atoms with Crippen LogP contribution in [0.1, 0.15) is 25.7 Å². The van der Waals surface area contributed by atoms with Crippen molar-refractivity contribution in [2.75, 3.05) is 24.9 Å². The van der Waals surface area contributed by atoms with Crippen LogP contribution in [0.5, 0.6) is 0 Å². The Morgan fingerprint density at radius 3 is 2.50 bits per heavy atom. The number of methoxy groups -OCH3 is 2. The molecule has 0 spiro atoms. The monoisotopic (exact) mass is 366 g/mol. The lowest BCUT2D eigenvalue weighted by Gasteiger charge is -2.28. The molecular weight excluding hydrogens is 343 g/mol. The normalized spacial score (nSPS) is 20.2. The number of aliphatic hydroxyl groups excluding tert-OH is 1. The van der Waals surface area contributed by atoms with Crippen molar-refractivity contribution in [3.05, 3.63) is 35.8 Å². The molecule has 1 saturated carbocycles. The molecule has 0 bridgehead atoms. The van der Waals surface area contributed by atoms with Gasteiger partial charge in [0, 0.05) is 6.04 Å². The highest BCUT2D eigenvalue weighted by molar-refractivity contribution is 5.99. The third kappa shape index (κ3) is 5.19. The lowest BCUT2D eigenvalue weighted by Crippen LogP contribution is -2.28. The van der Waals surface area contributed by atoms with Crippen molar-refractivity contribution in [3.8, 4) is 0 Å². The maximum absolute atomic E-state index is 14.4. The molecule has 1 aromatic rings. The highest BCUT2D eigenvalue weighted by atomic mass is 19.1. The Morgan fingerprint density at radius 2 is 1.88 bits per heavy atom. The molecule has 1 fully saturated rings. The van der Waals surface area contributed by atoms with E-state index in [0.717, 1.165) is 26.0 Å². The molecule has 26 heavy (non-hydrogen) atoms. The Balaban J connectivity index is 2.25. The summed E-state index contributed by atoms with van der Waals surface area (Å²) in [5, 5.41) is 15.5. The first-order chi connectivity index (χ1) is 12.4. The first-order valence-corrected chi connectivity index (χ1v) is 8.32. The van der Waals surface area contributed by atoms with Gasteiger partial charge < -0.3 is 25.2 Å². The molecule has 0 aromatic heterocycles. The molecule has 0 aliphatic heterocycles. The van der Waals surface area contributed by atoms with Gasteiger partial charge in [0.25, 0.3) is 0 Å². The van der Waals surface area contributed by atoms with Crippen molar-refractivity contribution < 1.29 is 28.6 Å². The van der Waals surface area contributed by atoms with Gasteiger partial charge in [-0.3, -0.25) is 0 Å². The Labute approximate surface area is 151 Å². The second-order valence-electron chi connectivity index (χ2n) is 6.01. The van der Waals surface area contributed by atoms with Crippen LogP contribution in [-0.4, -0.2) is 43.4 Å². The predicted octanol–water partition coefficient (Wildman–Crippen LogP) is 2.18. The summed E-state index contributed by atoms with van der Waals surface area (Å²) in [5.41, 5.74) is 0.233. The Kier molecular flexibility index (Phi) is 6.97. The summed E-state index contributed by atoms with van der Waals surface area (Å²) in [6, 6.07) is 4.53. The van der Waals surface area contributed by atoms with Crippen LogP contribution in [0.3, 0.4) is 0 Å². The zero-order chi connectivity index (χ0) is 19.1. The molecule has 0 heterocycles. The van der Waals surface area contributed by atoms with E-state index in [9.17, 15) is 19.1 Å². The molecular formula is C18H23FN2O5. The number of hydrogen-bond acceptors (Lipinski definition) is 7. The van der Waals surface area contributed by atoms with E-state index in [1.54, 1.807) is 12.1 Å². The Morgan fingerprint density at radius 1 is 1.19 bits per heavy atom. The summed E-state index contributed by atoms with van der Waals surface area (Å²) in [7, 11) is 2.32. The van der Waals surface area contributed by atoms with E-state index in [0.29, 0.717) is 18.5 Å². The van der Waals surface area contributed by atoms with Crippen molar-refractivity contribution in [1.29, 1.82) is 0 Å². The van der Waals surface area contributed by atoms with Crippen LogP contribution in [0, 0.1) is 5.82 Å². The van der Waals surface area contributed by atoms with Gasteiger partial charge in [0.1, 0.15) is 11.5 Å². The van der Waals surface area contributed by atoms with Crippen LogP contribution < -0.4 is 10.6 Å². The number of para-hydroxylation sites is 1. The number of ether oxygens (including phenoxy) is 2. The van der Waals surface area contributed by atoms with E-state index in [1.807, 2.05) is 0 Å². The summed E-state index contributed by atoms with van der Waals surface area (Å²) in [6.45, 7) is 0. The third-order valence-corrected chi connectivity index (χ3v) is 4.20. The van der Waals surface area contributed by atoms with Crippen LogP contribution in [0.15, 0.2) is 30.0 Å². The highest BCUT2D eigenvalue weighted by Crippen LogP contribution is 2.30. The van der Waals surface area contributed by atoms with Crippen molar-refractivity contribution in [3.63, 3.8) is 0 Å². The smallest absolute Gasteiger partial charge is 0.354 e. The minimum atomic E-state index is -0.828. The first-order valence-electron chi connectivity index (χ1n) is 8.32. The fourth-order valence-corrected chi connectivity index (χ4v) is 2.78. The van der Waals surface area contributed by atoms with Gasteiger partial charge in [-0.05, 0) is 37.8 Å². The fraction of sp³-hybridized carbons (Fsp3) is 0.444. The number of rotatable bonds is 6. The quantitative estimate of drug-likeness (QED) is 0.524. The molecule has 2 rings (SSSR count). The molecule has 1 aliphatic rings. The van der Waals surface area contributed by atoms with Gasteiger partial charge in [0.2, 0.25) is 0 Å². The van der Waals surface area contributed by atoms with Crippen molar-refractivity contribution in [1.82, 2.24) is 0 Å². The second-order valence-corrected chi connectivity index (χ2v) is 6.01. The van der Waals surface area contributed by atoms with Crippen LogP contribution >= 0.6 is 0 Å². The number of nitrogens with one attached hydrogen (secondary N) is 2. The summed E-state index contributed by atoms with van der Waals surface area (Å²) in [5.74, 6) is -2.19. The van der Waals surface area contributed by atoms with Gasteiger partial charge in [-0.2, -0.15) is 0 Å². The predicted molar refractivity (Wildman–Crippen MR) is 94.0 cm³/mol. The number of aliphatic hydroxyl groups is 1. The first kappa shape index (κ1) is 19.7. The summed E-state index contributed by atoms with van der Waals surface area (Å²) < 4.78 is 23.5. The van der Waals surface area contributed by atoms with Gasteiger partial charge in [-0.25, -0.2) is 14.0 Å². The topological polar surface area (TPSA) is 96.9 Å². The van der Waals surface area contributed by atoms with Crippen LogP contribution in [0.4, 0.5) is 15.8 Å². The Bertz CT molecular complexity index is 684. The maximum Gasteiger partial charge on any atom is 0.354 e. The van der Waals surface area contributed by atoms with Gasteiger partial charge in [-0.1, -0.05) is 6.07 Å². The average Bonchev–Trinajstić information content (AvgIpc) is 2.64. The van der Waals surface area contributed by atoms with Gasteiger partial charge >= 0.3 is 11.9 Å². The number of esters is 2. The second kappa shape index (κ2) is 9.19. The molecule has 0 radical (unpaired) electrons. The molecule has 1 aromatic carbocycles. The van der Waals surface area contributed by atoms with Gasteiger partial charge in [0.05, 0.1) is 37.8 Å². The van der Waals surface area contributed by atoms with Crippen molar-refractivity contribution in [2.45, 2.75) is 37.8 Å². The van der Waals surface area contributed by atoms with Crippen molar-refractivity contribution in [2.24, 2.45) is 0 Å². The number of halogens is 1. The largest absolute Gasteiger partial charge is 0.466 e. The summed E-state index contributed by atoms with van der Waals surface area (Å²) in [6.07, 6.45) is 3.44. The van der Waals surface area contributed by atoms with E-state index in [4.69, 9.17) is 0 Å². The standard InChI is InChI=1S/C18H23FN2O5/c1-25-16(23)10-15(18(24)26-2)21-17-13(19)4-3-5-14(17)20-11-6-8-12(22)9-7-11/h3-5,10-12,20-22H,6-9H2,1-2H3/b15-10+. The van der Waals surface area contributed by atoms with Gasteiger partial charge in [-0.15, -0.1) is 0 Å². The van der Waals surface area contributed by atoms with E-state index in [2.05, 4.69) is 20.1 Å². The lowest BCUT2D eigenvalue weighted by atomic mass is 9.93. The number of carbonyl (C=O) groups is 2. The Hall–Kier alpha value is -2.61. The molecule has 0 atom stereocenters. The molecule has 7 nitrogen and oxygen atoms in total. The maximum atomic E-state index is 14.4. The molecule has 0 saturated heterocycles. The molecule has 0 unspecified atom stereocenters. The zero-order valence-corrected chi connectivity index (χ0v) is 14.8. The van der Waals surface area contributed by atoms with Crippen LogP contribution in [-0.2, 0) is 19.1 Å². The molecule has 8 heteroatoms. The average molecular weight is 366 g/mol. The van der Waals surface area contributed by atoms with E-state index >= 15 is 0 Å². The zero-order valence-electron chi connectivity index (χ0n) is 14.8. The highest BCUT2D eigenvalue weighted by Gasteiger charge is 2.22. The van der Waals surface area contributed by atoms with Gasteiger partial charge in [0.15, 0.2) is 0 Å². The molecule has 3 N–H and O–H groups in total. The fourth-order valence-electron chi connectivity index (χ4n) is 2.78. The minimum Gasteiger partial charge on any atom is -0.466 e. The van der Waals surface area contributed by atoms with E-state index in [1.165, 1.54) is 13.2 Å². The SMILES string of the molecule is COC(=O)/C=C(/Nc1c(F)cccc1NC1CCC(O)CC1)C(=O)OC. The minimum absolute atomic E-state index is 0.0270. The third-order valence-electron chi connectivity index (χ3n) is 4.20. The van der Waals surface area contributed by atoms with Crippen LogP contribution in [0.25, 0.3) is 0 Å². The summed E-state index contributed by atoms with van der Waals surface area (Å²) in [4.78, 5) is 23.4. The van der Waals surface area contributed by atoms with Crippen molar-refractivity contribution >= 4 is 23.3 Å². The number of hydrogen-bond donors (Lipinski definition) is 3. The van der Waals surface area contributed by atoms with E-state index in [-0.39, 0.29) is 23.5 Å². The number of benzene rings is 1. The lowest BCUT2D eigenvalue weighted by molar-refractivity contribution is -0.138. The summed E-state index contributed by atoms with van der Waals surface area (Å²) >= 11 is 0. The molecule has 1 aliphatic carbocycles. The van der Waals surface area contributed by atoms with Crippen LogP contribution in [0.2, 0.25) is 0 Å².